The zero-order valence-electron chi connectivity index (χ0n) is 19.5. The van der Waals surface area contributed by atoms with Crippen molar-refractivity contribution in [2.75, 3.05) is 38.6 Å². The highest BCUT2D eigenvalue weighted by Gasteiger charge is 2.30. The van der Waals surface area contributed by atoms with E-state index in [0.717, 1.165) is 53.2 Å². The fourth-order valence-electron chi connectivity index (χ4n) is 4.74. The summed E-state index contributed by atoms with van der Waals surface area (Å²) in [6.45, 7) is 4.59. The monoisotopic (exact) mass is 478 g/mol. The molecule has 0 saturated carbocycles. The summed E-state index contributed by atoms with van der Waals surface area (Å²) in [5, 5.41) is 10.0. The van der Waals surface area contributed by atoms with Crippen molar-refractivity contribution >= 4 is 16.8 Å². The number of aromatic hydroxyl groups is 1. The molecule has 35 heavy (non-hydrogen) atoms. The van der Waals surface area contributed by atoms with Gasteiger partial charge in [0.2, 0.25) is 0 Å². The number of nitrogen functional groups attached to an aromatic ring is 1. The minimum atomic E-state index is -0.474. The molecule has 1 saturated heterocycles. The van der Waals surface area contributed by atoms with Crippen LogP contribution in [0.2, 0.25) is 0 Å². The Labute approximate surface area is 203 Å². The number of halogens is 2. The molecule has 0 bridgehead atoms. The van der Waals surface area contributed by atoms with Gasteiger partial charge in [-0.25, -0.2) is 4.39 Å². The molecular formula is C28H28F2N2O3. The topological polar surface area (TPSA) is 68.0 Å². The van der Waals surface area contributed by atoms with Gasteiger partial charge < -0.3 is 20.3 Å². The summed E-state index contributed by atoms with van der Waals surface area (Å²) in [6, 6.07) is 17.4. The van der Waals surface area contributed by atoms with Crippen molar-refractivity contribution in [1.29, 1.82) is 0 Å². The number of allylic oxidation sites excluding steroid dienone is 1. The number of benzene rings is 3. The van der Waals surface area contributed by atoms with Gasteiger partial charge in [0, 0.05) is 36.7 Å². The second-order valence-electron chi connectivity index (χ2n) is 9.15. The van der Waals surface area contributed by atoms with Crippen molar-refractivity contribution in [3.05, 3.63) is 83.2 Å². The van der Waals surface area contributed by atoms with Crippen molar-refractivity contribution < 1.29 is 23.4 Å². The normalized spacial score (nSPS) is 18.1. The van der Waals surface area contributed by atoms with E-state index >= 15 is 0 Å². The van der Waals surface area contributed by atoms with Gasteiger partial charge in [-0.2, -0.15) is 0 Å². The Kier molecular flexibility index (Phi) is 6.34. The lowest BCUT2D eigenvalue weighted by Crippen LogP contribution is -2.49. The molecule has 0 aromatic heterocycles. The minimum absolute atomic E-state index is 0.0621. The second-order valence-corrected chi connectivity index (χ2v) is 9.15. The van der Waals surface area contributed by atoms with Gasteiger partial charge in [-0.05, 0) is 66.1 Å². The molecule has 3 aromatic rings. The lowest BCUT2D eigenvalue weighted by molar-refractivity contribution is 0.0668. The molecule has 3 N–H and O–H groups in total. The SMILES string of the molecule is CC1=C(c2ccc(F)c(N)c2)C(c2ccc(OCCN3CC(CF)C3)cc2)Oc2ccc(O)cc21. The lowest BCUT2D eigenvalue weighted by Gasteiger charge is -2.37. The van der Waals surface area contributed by atoms with Gasteiger partial charge >= 0.3 is 0 Å². The Hall–Kier alpha value is -3.58. The van der Waals surface area contributed by atoms with Gasteiger partial charge in [0.25, 0.3) is 0 Å². The quantitative estimate of drug-likeness (QED) is 0.442. The Morgan fingerprint density at radius 2 is 1.86 bits per heavy atom. The maximum absolute atomic E-state index is 13.9. The van der Waals surface area contributed by atoms with E-state index in [4.69, 9.17) is 15.2 Å². The van der Waals surface area contributed by atoms with Crippen LogP contribution in [0.4, 0.5) is 14.5 Å². The summed E-state index contributed by atoms with van der Waals surface area (Å²) in [5.74, 6) is 1.23. The average molecular weight is 479 g/mol. The first-order valence-electron chi connectivity index (χ1n) is 11.7. The molecule has 3 aromatic carbocycles. The van der Waals surface area contributed by atoms with E-state index < -0.39 is 11.9 Å². The van der Waals surface area contributed by atoms with E-state index in [-0.39, 0.29) is 24.0 Å². The van der Waals surface area contributed by atoms with Crippen LogP contribution in [0.1, 0.15) is 29.7 Å². The fraction of sp³-hybridized carbons (Fsp3) is 0.286. The first-order chi connectivity index (χ1) is 16.9. The summed E-state index contributed by atoms with van der Waals surface area (Å²) < 4.78 is 38.8. The van der Waals surface area contributed by atoms with E-state index in [9.17, 15) is 13.9 Å². The van der Waals surface area contributed by atoms with Crippen LogP contribution < -0.4 is 15.2 Å². The van der Waals surface area contributed by atoms with Gasteiger partial charge in [-0.1, -0.05) is 18.2 Å². The van der Waals surface area contributed by atoms with E-state index in [1.807, 2.05) is 31.2 Å². The molecule has 0 spiro atoms. The predicted molar refractivity (Wildman–Crippen MR) is 133 cm³/mol. The number of phenolic OH excluding ortho intramolecular Hbond substituents is 1. The average Bonchev–Trinajstić information content (AvgIpc) is 2.83. The summed E-state index contributed by atoms with van der Waals surface area (Å²) in [6.07, 6.45) is -0.454. The largest absolute Gasteiger partial charge is 0.508 e. The molecule has 2 heterocycles. The van der Waals surface area contributed by atoms with Crippen molar-refractivity contribution in [2.24, 2.45) is 5.92 Å². The molecule has 0 amide bonds. The number of hydrogen-bond donors (Lipinski definition) is 2. The van der Waals surface area contributed by atoms with Crippen LogP contribution in [-0.4, -0.2) is 42.9 Å². The number of ether oxygens (including phenoxy) is 2. The van der Waals surface area contributed by atoms with Crippen molar-refractivity contribution in [3.8, 4) is 17.2 Å². The Morgan fingerprint density at radius 3 is 2.57 bits per heavy atom. The molecule has 1 fully saturated rings. The van der Waals surface area contributed by atoms with Crippen LogP contribution in [0, 0.1) is 11.7 Å². The highest BCUT2D eigenvalue weighted by molar-refractivity contribution is 5.96. The van der Waals surface area contributed by atoms with E-state index in [0.29, 0.717) is 12.4 Å². The highest BCUT2D eigenvalue weighted by Crippen LogP contribution is 2.47. The molecular weight excluding hydrogens is 450 g/mol. The molecule has 1 unspecified atom stereocenters. The van der Waals surface area contributed by atoms with E-state index in [2.05, 4.69) is 4.90 Å². The number of fused-ring (bicyclic) bond motifs is 1. The predicted octanol–water partition coefficient (Wildman–Crippen LogP) is 5.46. The summed E-state index contributed by atoms with van der Waals surface area (Å²) in [5.41, 5.74) is 10.1. The van der Waals surface area contributed by atoms with Gasteiger partial charge in [0.05, 0.1) is 12.4 Å². The zero-order valence-corrected chi connectivity index (χ0v) is 19.5. The molecule has 2 aliphatic rings. The Bertz CT molecular complexity index is 1250. The highest BCUT2D eigenvalue weighted by atomic mass is 19.1. The van der Waals surface area contributed by atoms with Crippen LogP contribution in [0.25, 0.3) is 11.1 Å². The number of anilines is 1. The number of alkyl halides is 1. The standard InChI is InChI=1S/C28H28F2N2O3/c1-17-23-13-21(33)5-9-26(23)35-28(27(17)20-4-8-24(30)25(31)12-20)19-2-6-22(7-3-19)34-11-10-32-15-18(14-29)16-32/h2-9,12-13,18,28,33H,10-11,14-16,31H2,1H3. The molecule has 0 aliphatic carbocycles. The maximum atomic E-state index is 13.9. The molecule has 7 heteroatoms. The summed E-state index contributed by atoms with van der Waals surface area (Å²) >= 11 is 0. The number of likely N-dealkylation sites (tertiary alicyclic amines) is 1. The number of phenols is 1. The van der Waals surface area contributed by atoms with Crippen molar-refractivity contribution in [2.45, 2.75) is 13.0 Å². The minimum Gasteiger partial charge on any atom is -0.508 e. The van der Waals surface area contributed by atoms with E-state index in [1.165, 1.54) is 6.07 Å². The van der Waals surface area contributed by atoms with Gasteiger partial charge in [-0.3, -0.25) is 9.29 Å². The smallest absolute Gasteiger partial charge is 0.150 e. The second kappa shape index (κ2) is 9.58. The maximum Gasteiger partial charge on any atom is 0.150 e. The zero-order chi connectivity index (χ0) is 24.5. The first kappa shape index (κ1) is 23.2. The molecule has 0 radical (unpaired) electrons. The fourth-order valence-corrected chi connectivity index (χ4v) is 4.74. The Morgan fingerprint density at radius 1 is 1.09 bits per heavy atom. The number of hydrogen-bond acceptors (Lipinski definition) is 5. The van der Waals surface area contributed by atoms with Crippen molar-refractivity contribution in [3.63, 3.8) is 0 Å². The third-order valence-corrected chi connectivity index (χ3v) is 6.70. The molecule has 182 valence electrons. The lowest BCUT2D eigenvalue weighted by atomic mass is 9.86. The van der Waals surface area contributed by atoms with Gasteiger partial charge in [-0.15, -0.1) is 0 Å². The van der Waals surface area contributed by atoms with Crippen LogP contribution in [-0.2, 0) is 0 Å². The summed E-state index contributed by atoms with van der Waals surface area (Å²) in [7, 11) is 0. The third kappa shape index (κ3) is 4.68. The molecule has 5 rings (SSSR count). The number of nitrogens with two attached hydrogens (primary N) is 1. The molecule has 1 atom stereocenters. The third-order valence-electron chi connectivity index (χ3n) is 6.70. The van der Waals surface area contributed by atoms with Crippen molar-refractivity contribution in [1.82, 2.24) is 4.90 Å². The number of nitrogens with zero attached hydrogens (tertiary/aromatic N) is 1. The van der Waals surface area contributed by atoms with Gasteiger partial charge in [0.1, 0.15) is 35.8 Å². The molecule has 5 nitrogen and oxygen atoms in total. The molecule has 2 aliphatic heterocycles. The van der Waals surface area contributed by atoms with Crippen LogP contribution in [0.15, 0.2) is 60.7 Å². The summed E-state index contributed by atoms with van der Waals surface area (Å²) in [4.78, 5) is 2.18. The van der Waals surface area contributed by atoms with E-state index in [1.54, 1.807) is 30.3 Å². The Balaban J connectivity index is 1.40. The van der Waals surface area contributed by atoms with Gasteiger partial charge in [0.15, 0.2) is 0 Å². The van der Waals surface area contributed by atoms with Crippen LogP contribution >= 0.6 is 0 Å². The first-order valence-corrected chi connectivity index (χ1v) is 11.7. The number of rotatable bonds is 7. The van der Waals surface area contributed by atoms with Crippen LogP contribution in [0.5, 0.6) is 17.2 Å². The van der Waals surface area contributed by atoms with Crippen LogP contribution in [0.3, 0.4) is 0 Å².